The van der Waals surface area contributed by atoms with E-state index in [0.29, 0.717) is 11.5 Å². The third-order valence-corrected chi connectivity index (χ3v) is 3.51. The molecule has 0 spiro atoms. The molecule has 3 aliphatic rings. The minimum absolute atomic E-state index is 0.608. The lowest BCUT2D eigenvalue weighted by Gasteiger charge is -2.34. The van der Waals surface area contributed by atoms with Gasteiger partial charge < -0.3 is 0 Å². The number of aliphatic imine (C=N–C) groups is 2. The molecule has 0 fully saturated rings. The van der Waals surface area contributed by atoms with Gasteiger partial charge in [0.2, 0.25) is 5.96 Å². The first kappa shape index (κ1) is 11.1. The summed E-state index contributed by atoms with van der Waals surface area (Å²) in [5, 5.41) is 10.0. The second-order valence-corrected chi connectivity index (χ2v) is 4.77. The lowest BCUT2D eigenvalue weighted by molar-refractivity contribution is 0.636. The lowest BCUT2D eigenvalue weighted by atomic mass is 10.1. The van der Waals surface area contributed by atoms with Crippen LogP contribution in [0, 0.1) is 11.3 Å². The van der Waals surface area contributed by atoms with E-state index in [2.05, 4.69) is 16.1 Å². The molecule has 0 amide bonds. The van der Waals surface area contributed by atoms with E-state index in [0.717, 1.165) is 22.1 Å². The molecule has 0 aliphatic carbocycles. The SMILES string of the molecule is CSC1=C(C#N)C2=CC=CC3=CC(C)=NC(=N1)N32. The summed E-state index contributed by atoms with van der Waals surface area (Å²) in [4.78, 5) is 10.8. The molecule has 0 bridgehead atoms. The van der Waals surface area contributed by atoms with Crippen molar-refractivity contribution >= 4 is 23.4 Å². The average molecular weight is 254 g/mol. The highest BCUT2D eigenvalue weighted by molar-refractivity contribution is 8.02. The van der Waals surface area contributed by atoms with Crippen LogP contribution in [0.25, 0.3) is 0 Å². The number of nitriles is 1. The maximum atomic E-state index is 9.31. The Balaban J connectivity index is 2.27. The Hall–Kier alpha value is -2.06. The van der Waals surface area contributed by atoms with Crippen LogP contribution in [0.15, 0.2) is 56.3 Å². The standard InChI is InChI=1S/C13H10N4S/c1-8-6-9-4-3-5-11-10(7-14)12(18-2)16-13(15-8)17(9)11/h3-6H,1-2H3. The van der Waals surface area contributed by atoms with E-state index in [1.54, 1.807) is 0 Å². The van der Waals surface area contributed by atoms with E-state index in [4.69, 9.17) is 0 Å². The highest BCUT2D eigenvalue weighted by Gasteiger charge is 2.31. The van der Waals surface area contributed by atoms with Gasteiger partial charge in [0.05, 0.1) is 11.4 Å². The molecule has 0 radical (unpaired) electrons. The van der Waals surface area contributed by atoms with Gasteiger partial charge in [-0.2, -0.15) is 5.26 Å². The summed E-state index contributed by atoms with van der Waals surface area (Å²) in [5.41, 5.74) is 3.39. The first-order chi connectivity index (χ1) is 8.74. The van der Waals surface area contributed by atoms with Gasteiger partial charge in [0.1, 0.15) is 16.7 Å². The summed E-state index contributed by atoms with van der Waals surface area (Å²) in [5.74, 6) is 0.643. The number of rotatable bonds is 1. The summed E-state index contributed by atoms with van der Waals surface area (Å²) in [6.07, 6.45) is 9.78. The molecule has 0 aromatic carbocycles. The molecule has 88 valence electrons. The van der Waals surface area contributed by atoms with Gasteiger partial charge in [-0.25, -0.2) is 9.98 Å². The molecule has 4 nitrogen and oxygen atoms in total. The van der Waals surface area contributed by atoms with E-state index in [1.807, 2.05) is 42.4 Å². The van der Waals surface area contributed by atoms with Crippen LogP contribution in [-0.2, 0) is 0 Å². The molecule has 0 atom stereocenters. The van der Waals surface area contributed by atoms with Crippen molar-refractivity contribution in [3.8, 4) is 6.07 Å². The van der Waals surface area contributed by atoms with Gasteiger partial charge in [0.25, 0.3) is 0 Å². The van der Waals surface area contributed by atoms with Crippen molar-refractivity contribution < 1.29 is 0 Å². The topological polar surface area (TPSA) is 51.8 Å². The van der Waals surface area contributed by atoms with Gasteiger partial charge in [-0.3, -0.25) is 4.90 Å². The van der Waals surface area contributed by atoms with Crippen LogP contribution in [0.4, 0.5) is 0 Å². The molecule has 18 heavy (non-hydrogen) atoms. The molecule has 5 heteroatoms. The van der Waals surface area contributed by atoms with E-state index in [9.17, 15) is 5.26 Å². The van der Waals surface area contributed by atoms with Gasteiger partial charge >= 0.3 is 0 Å². The van der Waals surface area contributed by atoms with Crippen LogP contribution in [0.2, 0.25) is 0 Å². The summed E-state index contributed by atoms with van der Waals surface area (Å²) >= 11 is 1.47. The Bertz CT molecular complexity index is 653. The number of hydrogen-bond donors (Lipinski definition) is 0. The summed E-state index contributed by atoms with van der Waals surface area (Å²) in [6, 6.07) is 2.24. The smallest absolute Gasteiger partial charge is 0.235 e. The molecular weight excluding hydrogens is 244 g/mol. The van der Waals surface area contributed by atoms with Crippen molar-refractivity contribution in [2.24, 2.45) is 9.98 Å². The molecule has 3 heterocycles. The van der Waals surface area contributed by atoms with Gasteiger partial charge in [-0.15, -0.1) is 11.8 Å². The van der Waals surface area contributed by atoms with Gasteiger partial charge in [-0.1, -0.05) is 6.08 Å². The van der Waals surface area contributed by atoms with Gasteiger partial charge in [-0.05, 0) is 31.4 Å². The number of hydrogen-bond acceptors (Lipinski definition) is 5. The zero-order valence-electron chi connectivity index (χ0n) is 10.0. The monoisotopic (exact) mass is 254 g/mol. The molecule has 0 unspecified atom stereocenters. The predicted molar refractivity (Wildman–Crippen MR) is 73.8 cm³/mol. The Labute approximate surface area is 109 Å². The first-order valence-corrected chi connectivity index (χ1v) is 6.70. The molecule has 0 aromatic heterocycles. The van der Waals surface area contributed by atoms with Crippen molar-refractivity contribution in [1.29, 1.82) is 5.26 Å². The average Bonchev–Trinajstić information content (AvgIpc) is 2.38. The highest BCUT2D eigenvalue weighted by atomic mass is 32.2. The Morgan fingerprint density at radius 1 is 1.39 bits per heavy atom. The minimum Gasteiger partial charge on any atom is -0.278 e. The maximum Gasteiger partial charge on any atom is 0.235 e. The molecule has 0 N–H and O–H groups in total. The molecule has 0 aromatic rings. The van der Waals surface area contributed by atoms with Crippen molar-refractivity contribution in [2.45, 2.75) is 6.92 Å². The Morgan fingerprint density at radius 3 is 2.94 bits per heavy atom. The predicted octanol–water partition coefficient (Wildman–Crippen LogP) is 2.57. The van der Waals surface area contributed by atoms with Crippen LogP contribution in [0.3, 0.4) is 0 Å². The highest BCUT2D eigenvalue weighted by Crippen LogP contribution is 2.36. The van der Waals surface area contributed by atoms with Crippen molar-refractivity contribution in [2.75, 3.05) is 6.26 Å². The number of thioether (sulfide) groups is 1. The third-order valence-electron chi connectivity index (χ3n) is 2.83. The zero-order chi connectivity index (χ0) is 12.7. The largest absolute Gasteiger partial charge is 0.278 e. The second kappa shape index (κ2) is 4.00. The third kappa shape index (κ3) is 1.46. The normalized spacial score (nSPS) is 20.6. The second-order valence-electron chi connectivity index (χ2n) is 3.98. The molecule has 3 rings (SSSR count). The molecule has 0 saturated carbocycles. The summed E-state index contributed by atoms with van der Waals surface area (Å²) < 4.78 is 0. The minimum atomic E-state index is 0.608. The van der Waals surface area contributed by atoms with E-state index >= 15 is 0 Å². The van der Waals surface area contributed by atoms with Crippen LogP contribution in [-0.4, -0.2) is 22.8 Å². The van der Waals surface area contributed by atoms with Crippen molar-refractivity contribution in [3.05, 3.63) is 46.3 Å². The van der Waals surface area contributed by atoms with Crippen molar-refractivity contribution in [3.63, 3.8) is 0 Å². The van der Waals surface area contributed by atoms with Crippen LogP contribution in [0.1, 0.15) is 6.92 Å². The molecule has 0 saturated heterocycles. The van der Waals surface area contributed by atoms with E-state index in [-0.39, 0.29) is 0 Å². The lowest BCUT2D eigenvalue weighted by Crippen LogP contribution is -2.35. The fraction of sp³-hybridized carbons (Fsp3) is 0.154. The molecular formula is C13H10N4S. The molecule has 3 aliphatic heterocycles. The Morgan fingerprint density at radius 2 is 2.22 bits per heavy atom. The summed E-state index contributed by atoms with van der Waals surface area (Å²) in [7, 11) is 0. The van der Waals surface area contributed by atoms with Crippen LogP contribution in [0.5, 0.6) is 0 Å². The first-order valence-electron chi connectivity index (χ1n) is 5.47. The van der Waals surface area contributed by atoms with Gasteiger partial charge in [0.15, 0.2) is 0 Å². The number of nitrogens with zero attached hydrogens (tertiary/aromatic N) is 4. The fourth-order valence-electron chi connectivity index (χ4n) is 2.10. The van der Waals surface area contributed by atoms with E-state index < -0.39 is 0 Å². The Kier molecular flexibility index (Phi) is 2.46. The summed E-state index contributed by atoms with van der Waals surface area (Å²) in [6.45, 7) is 1.95. The zero-order valence-corrected chi connectivity index (χ0v) is 10.8. The van der Waals surface area contributed by atoms with Gasteiger partial charge in [0, 0.05) is 5.71 Å². The quantitative estimate of drug-likeness (QED) is 0.722. The fourth-order valence-corrected chi connectivity index (χ4v) is 2.62. The van der Waals surface area contributed by atoms with Crippen LogP contribution < -0.4 is 0 Å². The van der Waals surface area contributed by atoms with Crippen LogP contribution >= 0.6 is 11.8 Å². The van der Waals surface area contributed by atoms with E-state index in [1.165, 1.54) is 11.8 Å². The maximum absolute atomic E-state index is 9.31. The van der Waals surface area contributed by atoms with Crippen molar-refractivity contribution in [1.82, 2.24) is 4.90 Å². The number of guanidine groups is 1. The number of allylic oxidation sites excluding steroid dienone is 5.